The number of carbonyl (C=O) groups is 2. The minimum absolute atomic E-state index is 0.125. The van der Waals surface area contributed by atoms with Crippen molar-refractivity contribution in [3.8, 4) is 0 Å². The number of rotatable bonds is 6. The minimum atomic E-state index is -0.268. The average Bonchev–Trinajstić information content (AvgIpc) is 3.15. The van der Waals surface area contributed by atoms with E-state index in [1.807, 2.05) is 4.90 Å². The molecule has 0 unspecified atom stereocenters. The predicted molar refractivity (Wildman–Crippen MR) is 131 cm³/mol. The fourth-order valence-corrected chi connectivity index (χ4v) is 6.29. The van der Waals surface area contributed by atoms with E-state index in [1.165, 1.54) is 5.56 Å². The minimum Gasteiger partial charge on any atom is -0.441 e. The van der Waals surface area contributed by atoms with Crippen LogP contribution in [-0.4, -0.2) is 72.7 Å². The largest absolute Gasteiger partial charge is 0.441 e. The third-order valence-electron chi connectivity index (χ3n) is 8.43. The first-order valence-corrected chi connectivity index (χ1v) is 13.3. The fourth-order valence-electron chi connectivity index (χ4n) is 6.29. The summed E-state index contributed by atoms with van der Waals surface area (Å²) in [6.45, 7) is 6.43. The SMILES string of the molecule is O=C(NC1CCN(Cc2ccccc2)CC1)C1CCC(CN2CC3(CCNCC3)OC2=O)CC1. The standard InChI is InChI=1S/C27H40N4O3/c32-25(29-24-10-16-30(17-11-24)18-21-4-2-1-3-5-21)23-8-6-22(7-9-23)19-31-20-27(34-26(31)33)12-14-28-15-13-27/h1-5,22-24,28H,6-20H2,(H,29,32). The van der Waals surface area contributed by atoms with Gasteiger partial charge in [0.1, 0.15) is 5.60 Å². The number of ether oxygens (including phenoxy) is 1. The fraction of sp³-hybridized carbons (Fsp3) is 0.704. The Morgan fingerprint density at radius 3 is 2.44 bits per heavy atom. The van der Waals surface area contributed by atoms with Crippen molar-refractivity contribution in [2.45, 2.75) is 69.6 Å². The lowest BCUT2D eigenvalue weighted by Crippen LogP contribution is -2.47. The molecule has 0 bridgehead atoms. The molecule has 7 nitrogen and oxygen atoms in total. The van der Waals surface area contributed by atoms with Gasteiger partial charge in [-0.05, 0) is 63.1 Å². The van der Waals surface area contributed by atoms with Crippen LogP contribution >= 0.6 is 0 Å². The van der Waals surface area contributed by atoms with E-state index < -0.39 is 0 Å². The molecule has 0 atom stereocenters. The monoisotopic (exact) mass is 468 g/mol. The van der Waals surface area contributed by atoms with Crippen molar-refractivity contribution in [1.82, 2.24) is 20.4 Å². The number of carbonyl (C=O) groups excluding carboxylic acids is 2. The quantitative estimate of drug-likeness (QED) is 0.671. The maximum Gasteiger partial charge on any atom is 0.410 e. The van der Waals surface area contributed by atoms with E-state index in [-0.39, 0.29) is 23.5 Å². The number of hydrogen-bond acceptors (Lipinski definition) is 5. The smallest absolute Gasteiger partial charge is 0.410 e. The van der Waals surface area contributed by atoms with Crippen LogP contribution in [0.3, 0.4) is 0 Å². The Hall–Kier alpha value is -2.12. The number of hydrogen-bond donors (Lipinski definition) is 2. The Bertz CT molecular complexity index is 826. The van der Waals surface area contributed by atoms with E-state index in [4.69, 9.17) is 4.74 Å². The van der Waals surface area contributed by atoms with Gasteiger partial charge in [0.15, 0.2) is 0 Å². The molecular weight excluding hydrogens is 428 g/mol. The van der Waals surface area contributed by atoms with Crippen LogP contribution in [0, 0.1) is 11.8 Å². The van der Waals surface area contributed by atoms with Gasteiger partial charge >= 0.3 is 6.09 Å². The van der Waals surface area contributed by atoms with Crippen LogP contribution in [0.2, 0.25) is 0 Å². The highest BCUT2D eigenvalue weighted by atomic mass is 16.6. The number of nitrogens with zero attached hydrogens (tertiary/aromatic N) is 2. The molecule has 7 heteroatoms. The molecule has 0 aromatic heterocycles. The van der Waals surface area contributed by atoms with E-state index in [0.717, 1.165) is 97.2 Å². The van der Waals surface area contributed by atoms with Gasteiger partial charge in [-0.3, -0.25) is 9.69 Å². The molecule has 186 valence electrons. The maximum atomic E-state index is 12.9. The second-order valence-corrected chi connectivity index (χ2v) is 10.9. The normalized spacial score (nSPS) is 28.1. The Kier molecular flexibility index (Phi) is 7.40. The topological polar surface area (TPSA) is 73.9 Å². The van der Waals surface area contributed by atoms with E-state index in [9.17, 15) is 9.59 Å². The molecule has 1 spiro atoms. The Labute approximate surface area is 203 Å². The number of amides is 2. The Balaban J connectivity index is 1.01. The predicted octanol–water partition coefficient (Wildman–Crippen LogP) is 3.15. The van der Waals surface area contributed by atoms with Crippen LogP contribution in [0.1, 0.15) is 56.9 Å². The highest BCUT2D eigenvalue weighted by molar-refractivity contribution is 5.79. The molecule has 4 aliphatic rings. The zero-order chi connectivity index (χ0) is 23.4. The third-order valence-corrected chi connectivity index (χ3v) is 8.43. The van der Waals surface area contributed by atoms with Crippen molar-refractivity contribution in [3.05, 3.63) is 35.9 Å². The number of piperidine rings is 2. The van der Waals surface area contributed by atoms with Crippen molar-refractivity contribution >= 4 is 12.0 Å². The summed E-state index contributed by atoms with van der Waals surface area (Å²) in [6.07, 6.45) is 7.64. The first-order valence-electron chi connectivity index (χ1n) is 13.3. The highest BCUT2D eigenvalue weighted by Gasteiger charge is 2.46. The van der Waals surface area contributed by atoms with Gasteiger partial charge in [0.05, 0.1) is 6.54 Å². The first-order chi connectivity index (χ1) is 16.6. The molecule has 1 aromatic rings. The summed E-state index contributed by atoms with van der Waals surface area (Å²) >= 11 is 0. The van der Waals surface area contributed by atoms with Crippen LogP contribution in [0.5, 0.6) is 0 Å². The summed E-state index contributed by atoms with van der Waals surface area (Å²) in [5.41, 5.74) is 1.09. The summed E-state index contributed by atoms with van der Waals surface area (Å²) in [5, 5.41) is 6.70. The molecule has 1 aromatic carbocycles. The summed E-state index contributed by atoms with van der Waals surface area (Å²) in [5.74, 6) is 0.851. The van der Waals surface area contributed by atoms with Gasteiger partial charge in [-0.25, -0.2) is 4.79 Å². The second kappa shape index (κ2) is 10.6. The van der Waals surface area contributed by atoms with Crippen molar-refractivity contribution in [1.29, 1.82) is 0 Å². The summed E-state index contributed by atoms with van der Waals surface area (Å²) < 4.78 is 5.81. The van der Waals surface area contributed by atoms with Crippen molar-refractivity contribution in [3.63, 3.8) is 0 Å². The molecule has 2 amide bonds. The van der Waals surface area contributed by atoms with Crippen LogP contribution in [-0.2, 0) is 16.1 Å². The second-order valence-electron chi connectivity index (χ2n) is 10.9. The van der Waals surface area contributed by atoms with Crippen LogP contribution in [0.15, 0.2) is 30.3 Å². The zero-order valence-electron chi connectivity index (χ0n) is 20.3. The van der Waals surface area contributed by atoms with E-state index in [1.54, 1.807) is 0 Å². The van der Waals surface area contributed by atoms with Crippen LogP contribution in [0.4, 0.5) is 4.79 Å². The molecule has 1 saturated carbocycles. The molecule has 34 heavy (non-hydrogen) atoms. The van der Waals surface area contributed by atoms with Crippen molar-refractivity contribution in [2.24, 2.45) is 11.8 Å². The lowest BCUT2D eigenvalue weighted by atomic mass is 9.81. The third kappa shape index (κ3) is 5.74. The van der Waals surface area contributed by atoms with Gasteiger partial charge in [-0.2, -0.15) is 0 Å². The molecular formula is C27H40N4O3. The van der Waals surface area contributed by atoms with Crippen LogP contribution < -0.4 is 10.6 Å². The maximum absolute atomic E-state index is 12.9. The first kappa shape index (κ1) is 23.6. The van der Waals surface area contributed by atoms with Gasteiger partial charge in [0.25, 0.3) is 0 Å². The van der Waals surface area contributed by atoms with E-state index in [2.05, 4.69) is 45.9 Å². The lowest BCUT2D eigenvalue weighted by molar-refractivity contribution is -0.127. The number of likely N-dealkylation sites (tertiary alicyclic amines) is 1. The number of nitrogens with one attached hydrogen (secondary N) is 2. The number of benzene rings is 1. The van der Waals surface area contributed by atoms with E-state index >= 15 is 0 Å². The summed E-state index contributed by atoms with van der Waals surface area (Å²) in [4.78, 5) is 29.8. The molecule has 1 aliphatic carbocycles. The molecule has 3 saturated heterocycles. The molecule has 3 heterocycles. The van der Waals surface area contributed by atoms with Gasteiger partial charge in [0.2, 0.25) is 5.91 Å². The Morgan fingerprint density at radius 2 is 1.74 bits per heavy atom. The summed E-state index contributed by atoms with van der Waals surface area (Å²) in [6, 6.07) is 10.9. The van der Waals surface area contributed by atoms with Gasteiger partial charge in [0, 0.05) is 51.0 Å². The molecule has 2 N–H and O–H groups in total. The Morgan fingerprint density at radius 1 is 1.03 bits per heavy atom. The van der Waals surface area contributed by atoms with Gasteiger partial charge in [-0.1, -0.05) is 30.3 Å². The zero-order valence-corrected chi connectivity index (χ0v) is 20.3. The summed E-state index contributed by atoms with van der Waals surface area (Å²) in [7, 11) is 0. The highest BCUT2D eigenvalue weighted by Crippen LogP contribution is 2.35. The van der Waals surface area contributed by atoms with Crippen LogP contribution in [0.25, 0.3) is 0 Å². The van der Waals surface area contributed by atoms with Crippen molar-refractivity contribution in [2.75, 3.05) is 39.3 Å². The molecule has 3 aliphatic heterocycles. The van der Waals surface area contributed by atoms with Gasteiger partial charge < -0.3 is 20.3 Å². The van der Waals surface area contributed by atoms with E-state index in [0.29, 0.717) is 12.0 Å². The average molecular weight is 469 g/mol. The molecule has 5 rings (SSSR count). The van der Waals surface area contributed by atoms with Gasteiger partial charge in [-0.15, -0.1) is 0 Å². The molecule has 4 fully saturated rings. The van der Waals surface area contributed by atoms with Crippen molar-refractivity contribution < 1.29 is 14.3 Å². The lowest BCUT2D eigenvalue weighted by Gasteiger charge is -2.34. The molecule has 0 radical (unpaired) electrons.